The Morgan fingerprint density at radius 1 is 1.00 bits per heavy atom. The molecular weight excluding hydrogens is 282 g/mol. The molecule has 0 saturated heterocycles. The number of halogens is 1. The first kappa shape index (κ1) is 11.8. The van der Waals surface area contributed by atoms with Crippen LogP contribution in [0.1, 0.15) is 5.56 Å². The molecule has 0 aliphatic carbocycles. The van der Waals surface area contributed by atoms with Crippen molar-refractivity contribution in [1.29, 1.82) is 0 Å². The van der Waals surface area contributed by atoms with E-state index in [0.717, 1.165) is 15.7 Å². The molecule has 0 bridgehead atoms. The molecule has 17 heavy (non-hydrogen) atoms. The highest BCUT2D eigenvalue weighted by Crippen LogP contribution is 2.25. The minimum atomic E-state index is -0.101. The summed E-state index contributed by atoms with van der Waals surface area (Å²) in [7, 11) is 0. The van der Waals surface area contributed by atoms with Crippen molar-refractivity contribution in [3.05, 3.63) is 52.5 Å². The third kappa shape index (κ3) is 3.14. The third-order valence-corrected chi connectivity index (χ3v) is 2.85. The number of phenols is 2. The van der Waals surface area contributed by atoms with Crippen LogP contribution in [0.15, 0.2) is 46.9 Å². The van der Waals surface area contributed by atoms with Crippen LogP contribution < -0.4 is 5.32 Å². The molecule has 0 fully saturated rings. The van der Waals surface area contributed by atoms with Gasteiger partial charge in [0.25, 0.3) is 0 Å². The van der Waals surface area contributed by atoms with E-state index < -0.39 is 0 Å². The van der Waals surface area contributed by atoms with E-state index in [1.165, 1.54) is 6.07 Å². The fourth-order valence-electron chi connectivity index (χ4n) is 1.48. The molecule has 0 atom stereocenters. The maximum Gasteiger partial charge on any atom is 0.157 e. The van der Waals surface area contributed by atoms with Gasteiger partial charge in [0, 0.05) is 16.7 Å². The van der Waals surface area contributed by atoms with Crippen LogP contribution in [0.4, 0.5) is 5.69 Å². The van der Waals surface area contributed by atoms with E-state index in [1.54, 1.807) is 12.1 Å². The molecule has 0 aromatic heterocycles. The maximum absolute atomic E-state index is 9.36. The molecule has 0 unspecified atom stereocenters. The van der Waals surface area contributed by atoms with Crippen molar-refractivity contribution >= 4 is 21.6 Å². The average Bonchev–Trinajstić information content (AvgIpc) is 2.31. The Hall–Kier alpha value is -1.68. The standard InChI is InChI=1S/C13H12BrNO2/c14-10-2-1-3-11(7-10)15-8-9-4-5-12(16)13(17)6-9/h1-7,15-17H,8H2. The van der Waals surface area contributed by atoms with Gasteiger partial charge in [-0.05, 0) is 35.9 Å². The Kier molecular flexibility index (Phi) is 3.54. The van der Waals surface area contributed by atoms with Gasteiger partial charge in [-0.25, -0.2) is 0 Å². The van der Waals surface area contributed by atoms with Gasteiger partial charge in [0.1, 0.15) is 0 Å². The van der Waals surface area contributed by atoms with E-state index in [-0.39, 0.29) is 11.5 Å². The van der Waals surface area contributed by atoms with Crippen molar-refractivity contribution in [1.82, 2.24) is 0 Å². The second-order valence-corrected chi connectivity index (χ2v) is 4.60. The van der Waals surface area contributed by atoms with Gasteiger partial charge in [0.05, 0.1) is 0 Å². The lowest BCUT2D eigenvalue weighted by molar-refractivity contribution is 0.403. The van der Waals surface area contributed by atoms with Crippen molar-refractivity contribution in [2.75, 3.05) is 5.32 Å². The summed E-state index contributed by atoms with van der Waals surface area (Å²) in [5.74, 6) is -0.199. The van der Waals surface area contributed by atoms with Gasteiger partial charge < -0.3 is 15.5 Å². The zero-order valence-electron chi connectivity index (χ0n) is 9.02. The second-order valence-electron chi connectivity index (χ2n) is 3.69. The SMILES string of the molecule is Oc1ccc(CNc2cccc(Br)c2)cc1O. The first-order valence-electron chi connectivity index (χ1n) is 5.15. The van der Waals surface area contributed by atoms with Crippen molar-refractivity contribution in [3.8, 4) is 11.5 Å². The summed E-state index contributed by atoms with van der Waals surface area (Å²) in [5.41, 5.74) is 1.90. The number of benzene rings is 2. The van der Waals surface area contributed by atoms with E-state index in [1.807, 2.05) is 24.3 Å². The first-order valence-corrected chi connectivity index (χ1v) is 5.95. The van der Waals surface area contributed by atoms with Crippen molar-refractivity contribution in [2.24, 2.45) is 0 Å². The van der Waals surface area contributed by atoms with E-state index in [0.29, 0.717) is 6.54 Å². The Balaban J connectivity index is 2.05. The summed E-state index contributed by atoms with van der Waals surface area (Å²) in [6.07, 6.45) is 0. The average molecular weight is 294 g/mol. The molecule has 0 amide bonds. The van der Waals surface area contributed by atoms with Gasteiger partial charge in [-0.15, -0.1) is 0 Å². The van der Waals surface area contributed by atoms with Crippen LogP contribution in [0.25, 0.3) is 0 Å². The molecule has 2 rings (SSSR count). The van der Waals surface area contributed by atoms with E-state index in [4.69, 9.17) is 0 Å². The van der Waals surface area contributed by atoms with Crippen LogP contribution in [0, 0.1) is 0 Å². The smallest absolute Gasteiger partial charge is 0.157 e. The van der Waals surface area contributed by atoms with Crippen LogP contribution in [0.3, 0.4) is 0 Å². The fourth-order valence-corrected chi connectivity index (χ4v) is 1.88. The molecule has 0 radical (unpaired) electrons. The summed E-state index contributed by atoms with van der Waals surface area (Å²) in [6.45, 7) is 0.588. The second kappa shape index (κ2) is 5.10. The molecule has 0 saturated carbocycles. The molecule has 2 aromatic carbocycles. The minimum absolute atomic E-state index is 0.0986. The molecular formula is C13H12BrNO2. The normalized spacial score (nSPS) is 10.2. The highest BCUT2D eigenvalue weighted by molar-refractivity contribution is 9.10. The molecule has 4 heteroatoms. The molecule has 0 aliphatic heterocycles. The van der Waals surface area contributed by atoms with Gasteiger partial charge >= 0.3 is 0 Å². The lowest BCUT2D eigenvalue weighted by Gasteiger charge is -2.07. The largest absolute Gasteiger partial charge is 0.504 e. The molecule has 3 N–H and O–H groups in total. The molecule has 2 aromatic rings. The predicted octanol–water partition coefficient (Wildman–Crippen LogP) is 3.47. The number of anilines is 1. The number of hydrogen-bond donors (Lipinski definition) is 3. The van der Waals surface area contributed by atoms with Crippen LogP contribution in [-0.4, -0.2) is 10.2 Å². The monoisotopic (exact) mass is 293 g/mol. The molecule has 3 nitrogen and oxygen atoms in total. The van der Waals surface area contributed by atoms with Gasteiger partial charge in [0.15, 0.2) is 11.5 Å². The van der Waals surface area contributed by atoms with Gasteiger partial charge in [-0.2, -0.15) is 0 Å². The van der Waals surface area contributed by atoms with Gasteiger partial charge in [-0.1, -0.05) is 28.1 Å². The zero-order chi connectivity index (χ0) is 12.3. The summed E-state index contributed by atoms with van der Waals surface area (Å²) in [5, 5.41) is 21.8. The maximum atomic E-state index is 9.36. The summed E-state index contributed by atoms with van der Waals surface area (Å²) >= 11 is 3.40. The number of rotatable bonds is 3. The van der Waals surface area contributed by atoms with Crippen LogP contribution >= 0.6 is 15.9 Å². The van der Waals surface area contributed by atoms with Gasteiger partial charge in [0.2, 0.25) is 0 Å². The third-order valence-electron chi connectivity index (χ3n) is 2.36. The quantitative estimate of drug-likeness (QED) is 0.760. The lowest BCUT2D eigenvalue weighted by Crippen LogP contribution is -1.98. The highest BCUT2D eigenvalue weighted by Gasteiger charge is 2.00. The van der Waals surface area contributed by atoms with Crippen LogP contribution in [0.2, 0.25) is 0 Å². The topological polar surface area (TPSA) is 52.5 Å². The molecule has 0 heterocycles. The van der Waals surface area contributed by atoms with Crippen molar-refractivity contribution in [2.45, 2.75) is 6.54 Å². The summed E-state index contributed by atoms with van der Waals surface area (Å²) in [4.78, 5) is 0. The molecule has 0 aliphatic rings. The fraction of sp³-hybridized carbons (Fsp3) is 0.0769. The molecule has 0 spiro atoms. The number of aromatic hydroxyl groups is 2. The summed E-state index contributed by atoms with van der Waals surface area (Å²) < 4.78 is 1.01. The van der Waals surface area contributed by atoms with E-state index in [2.05, 4.69) is 21.2 Å². The van der Waals surface area contributed by atoms with Crippen LogP contribution in [-0.2, 0) is 6.54 Å². The van der Waals surface area contributed by atoms with E-state index >= 15 is 0 Å². The Labute approximate surface area is 108 Å². The van der Waals surface area contributed by atoms with E-state index in [9.17, 15) is 10.2 Å². The van der Waals surface area contributed by atoms with Crippen molar-refractivity contribution in [3.63, 3.8) is 0 Å². The highest BCUT2D eigenvalue weighted by atomic mass is 79.9. The lowest BCUT2D eigenvalue weighted by atomic mass is 10.2. The number of nitrogens with one attached hydrogen (secondary N) is 1. The number of hydrogen-bond acceptors (Lipinski definition) is 3. The van der Waals surface area contributed by atoms with Gasteiger partial charge in [-0.3, -0.25) is 0 Å². The van der Waals surface area contributed by atoms with Crippen molar-refractivity contribution < 1.29 is 10.2 Å². The zero-order valence-corrected chi connectivity index (χ0v) is 10.6. The first-order chi connectivity index (χ1) is 8.15. The Morgan fingerprint density at radius 2 is 1.82 bits per heavy atom. The van der Waals surface area contributed by atoms with Crippen LogP contribution in [0.5, 0.6) is 11.5 Å². The number of phenolic OH excluding ortho intramolecular Hbond substituents is 2. The predicted molar refractivity (Wildman–Crippen MR) is 71.2 cm³/mol. The minimum Gasteiger partial charge on any atom is -0.504 e. The summed E-state index contributed by atoms with van der Waals surface area (Å²) in [6, 6.07) is 12.6. The molecule has 88 valence electrons. The Bertz CT molecular complexity index is 529. The Morgan fingerprint density at radius 3 is 2.53 bits per heavy atom.